The Labute approximate surface area is 129 Å². The summed E-state index contributed by atoms with van der Waals surface area (Å²) in [6, 6.07) is 6.58. The number of anilines is 1. The number of halogens is 1. The molecule has 2 rings (SSSR count). The Morgan fingerprint density at radius 3 is 2.76 bits per heavy atom. The van der Waals surface area contributed by atoms with Crippen molar-refractivity contribution in [2.24, 2.45) is 0 Å². The summed E-state index contributed by atoms with van der Waals surface area (Å²) in [5.74, 6) is -0.477. The van der Waals surface area contributed by atoms with Crippen molar-refractivity contribution < 1.29 is 9.90 Å². The van der Waals surface area contributed by atoms with Crippen LogP contribution in [0.3, 0.4) is 0 Å². The van der Waals surface area contributed by atoms with E-state index < -0.39 is 11.5 Å². The van der Waals surface area contributed by atoms with Crippen LogP contribution < -0.4 is 5.32 Å². The topological polar surface area (TPSA) is 76.4 Å². The quantitative estimate of drug-likeness (QED) is 0.892. The Hall–Kier alpha value is -1.61. The van der Waals surface area contributed by atoms with Crippen LogP contribution in [0.1, 0.15) is 25.3 Å². The summed E-state index contributed by atoms with van der Waals surface area (Å²) >= 11 is 5.92. The molecule has 1 saturated heterocycles. The van der Waals surface area contributed by atoms with Crippen molar-refractivity contribution in [2.45, 2.75) is 25.4 Å². The van der Waals surface area contributed by atoms with Crippen LogP contribution in [0.15, 0.2) is 18.2 Å². The van der Waals surface area contributed by atoms with Gasteiger partial charge in [-0.3, -0.25) is 9.69 Å². The van der Waals surface area contributed by atoms with Crippen LogP contribution in [0.4, 0.5) is 5.69 Å². The summed E-state index contributed by atoms with van der Waals surface area (Å²) in [4.78, 5) is 14.3. The first-order valence-electron chi connectivity index (χ1n) is 6.88. The predicted molar refractivity (Wildman–Crippen MR) is 81.1 cm³/mol. The van der Waals surface area contributed by atoms with Crippen molar-refractivity contribution in [1.29, 1.82) is 5.26 Å². The van der Waals surface area contributed by atoms with E-state index >= 15 is 0 Å². The van der Waals surface area contributed by atoms with Crippen molar-refractivity contribution in [3.05, 3.63) is 28.8 Å². The number of hydrogen-bond acceptors (Lipinski definition) is 4. The van der Waals surface area contributed by atoms with Crippen molar-refractivity contribution in [3.63, 3.8) is 0 Å². The molecule has 1 aliphatic heterocycles. The third kappa shape index (κ3) is 3.94. The zero-order valence-electron chi connectivity index (χ0n) is 11.9. The molecule has 0 bridgehead atoms. The van der Waals surface area contributed by atoms with Gasteiger partial charge in [0, 0.05) is 12.2 Å². The SMILES string of the molecule is CC(O)(CN1CCCC1)C(=O)Nc1ccc(C#N)c(Cl)c1. The highest BCUT2D eigenvalue weighted by atomic mass is 35.5. The standard InChI is InChI=1S/C15H18ClN3O2/c1-15(21,10-19-6-2-3-7-19)14(20)18-12-5-4-11(9-17)13(16)8-12/h4-5,8,21H,2-3,6-7,10H2,1H3,(H,18,20). The maximum Gasteiger partial charge on any atom is 0.257 e. The zero-order valence-corrected chi connectivity index (χ0v) is 12.7. The van der Waals surface area contributed by atoms with Gasteiger partial charge in [-0.15, -0.1) is 0 Å². The summed E-state index contributed by atoms with van der Waals surface area (Å²) in [7, 11) is 0. The lowest BCUT2D eigenvalue weighted by Crippen LogP contribution is -2.48. The van der Waals surface area contributed by atoms with E-state index in [-0.39, 0.29) is 5.02 Å². The average molecular weight is 308 g/mol. The van der Waals surface area contributed by atoms with Crippen LogP contribution in [0.5, 0.6) is 0 Å². The summed E-state index contributed by atoms with van der Waals surface area (Å²) in [5.41, 5.74) is -0.658. The van der Waals surface area contributed by atoms with Crippen LogP contribution in [0, 0.1) is 11.3 Å². The molecule has 0 radical (unpaired) electrons. The molecule has 1 aromatic rings. The molecular formula is C15H18ClN3O2. The van der Waals surface area contributed by atoms with Crippen molar-refractivity contribution in [1.82, 2.24) is 4.90 Å². The third-order valence-electron chi connectivity index (χ3n) is 3.57. The van der Waals surface area contributed by atoms with Gasteiger partial charge in [0.2, 0.25) is 0 Å². The van der Waals surface area contributed by atoms with Crippen molar-refractivity contribution >= 4 is 23.2 Å². The number of nitrogens with zero attached hydrogens (tertiary/aromatic N) is 2. The monoisotopic (exact) mass is 307 g/mol. The maximum atomic E-state index is 12.2. The first kappa shape index (κ1) is 15.8. The number of nitriles is 1. The van der Waals surface area contributed by atoms with Gasteiger partial charge in [-0.25, -0.2) is 0 Å². The second kappa shape index (κ2) is 6.44. The number of carbonyl (C=O) groups is 1. The highest BCUT2D eigenvalue weighted by Crippen LogP contribution is 2.21. The number of rotatable bonds is 4. The third-order valence-corrected chi connectivity index (χ3v) is 3.88. The van der Waals surface area contributed by atoms with E-state index in [1.54, 1.807) is 6.07 Å². The van der Waals surface area contributed by atoms with E-state index in [0.717, 1.165) is 25.9 Å². The smallest absolute Gasteiger partial charge is 0.257 e. The summed E-state index contributed by atoms with van der Waals surface area (Å²) in [6.07, 6.45) is 2.20. The molecule has 2 N–H and O–H groups in total. The molecule has 112 valence electrons. The molecule has 0 saturated carbocycles. The molecule has 21 heavy (non-hydrogen) atoms. The molecule has 1 unspecified atom stereocenters. The van der Waals surface area contributed by atoms with E-state index in [0.29, 0.717) is 17.8 Å². The van der Waals surface area contributed by atoms with Crippen molar-refractivity contribution in [3.8, 4) is 6.07 Å². The highest BCUT2D eigenvalue weighted by molar-refractivity contribution is 6.32. The Morgan fingerprint density at radius 1 is 1.52 bits per heavy atom. The Morgan fingerprint density at radius 2 is 2.19 bits per heavy atom. The van der Waals surface area contributed by atoms with Gasteiger partial charge in [-0.1, -0.05) is 11.6 Å². The molecule has 1 amide bonds. The summed E-state index contributed by atoms with van der Waals surface area (Å²) < 4.78 is 0. The molecule has 1 aromatic carbocycles. The molecule has 6 heteroatoms. The fourth-order valence-corrected chi connectivity index (χ4v) is 2.62. The molecule has 5 nitrogen and oxygen atoms in total. The van der Waals surface area contributed by atoms with Gasteiger partial charge < -0.3 is 10.4 Å². The van der Waals surface area contributed by atoms with Crippen LogP contribution in [0.25, 0.3) is 0 Å². The number of hydrogen-bond donors (Lipinski definition) is 2. The molecule has 1 atom stereocenters. The number of β-amino-alcohol motifs (C(OH)–C–C–N with tert-alkyl or cyclic N) is 1. The minimum Gasteiger partial charge on any atom is -0.379 e. The van der Waals surface area contributed by atoms with Gasteiger partial charge in [-0.05, 0) is 51.1 Å². The zero-order chi connectivity index (χ0) is 15.5. The van der Waals surface area contributed by atoms with Gasteiger partial charge in [0.15, 0.2) is 5.60 Å². The minimum atomic E-state index is -1.47. The Kier molecular flexibility index (Phi) is 4.84. The number of likely N-dealkylation sites (tertiary alicyclic amines) is 1. The van der Waals surface area contributed by atoms with Gasteiger partial charge in [0.25, 0.3) is 5.91 Å². The summed E-state index contributed by atoms with van der Waals surface area (Å²) in [5, 5.41) is 22.1. The molecule has 0 aromatic heterocycles. The average Bonchev–Trinajstić information content (AvgIpc) is 2.91. The number of benzene rings is 1. The van der Waals surface area contributed by atoms with Gasteiger partial charge in [0.1, 0.15) is 6.07 Å². The maximum absolute atomic E-state index is 12.2. The van der Waals surface area contributed by atoms with Gasteiger partial charge >= 0.3 is 0 Å². The molecular weight excluding hydrogens is 290 g/mol. The minimum absolute atomic E-state index is 0.273. The fourth-order valence-electron chi connectivity index (χ4n) is 2.40. The van der Waals surface area contributed by atoms with Crippen LogP contribution in [-0.2, 0) is 4.79 Å². The van der Waals surface area contributed by atoms with E-state index in [4.69, 9.17) is 16.9 Å². The van der Waals surface area contributed by atoms with E-state index in [1.807, 2.05) is 6.07 Å². The fraction of sp³-hybridized carbons (Fsp3) is 0.467. The highest BCUT2D eigenvalue weighted by Gasteiger charge is 2.33. The molecule has 1 fully saturated rings. The Bertz CT molecular complexity index is 575. The number of aliphatic hydroxyl groups is 1. The first-order valence-corrected chi connectivity index (χ1v) is 7.26. The van der Waals surface area contributed by atoms with Crippen LogP contribution >= 0.6 is 11.6 Å². The van der Waals surface area contributed by atoms with Crippen molar-refractivity contribution in [2.75, 3.05) is 25.0 Å². The molecule has 0 aliphatic carbocycles. The lowest BCUT2D eigenvalue weighted by atomic mass is 10.1. The normalized spacial score (nSPS) is 18.0. The molecule has 1 heterocycles. The largest absolute Gasteiger partial charge is 0.379 e. The second-order valence-electron chi connectivity index (χ2n) is 5.52. The van der Waals surface area contributed by atoms with Gasteiger partial charge in [0.05, 0.1) is 10.6 Å². The predicted octanol–water partition coefficient (Wildman–Crippen LogP) is 2.00. The van der Waals surface area contributed by atoms with E-state index in [9.17, 15) is 9.90 Å². The Balaban J connectivity index is 2.02. The number of nitrogens with one attached hydrogen (secondary N) is 1. The van der Waals surface area contributed by atoms with Crippen LogP contribution in [-0.4, -0.2) is 41.1 Å². The number of amides is 1. The lowest BCUT2D eigenvalue weighted by molar-refractivity contribution is -0.133. The molecule has 1 aliphatic rings. The molecule has 0 spiro atoms. The lowest BCUT2D eigenvalue weighted by Gasteiger charge is -2.27. The van der Waals surface area contributed by atoms with E-state index in [1.165, 1.54) is 19.1 Å². The van der Waals surface area contributed by atoms with Crippen LogP contribution in [0.2, 0.25) is 5.02 Å². The van der Waals surface area contributed by atoms with Gasteiger partial charge in [-0.2, -0.15) is 5.26 Å². The number of carbonyl (C=O) groups excluding carboxylic acids is 1. The first-order chi connectivity index (χ1) is 9.92. The van der Waals surface area contributed by atoms with E-state index in [2.05, 4.69) is 10.2 Å². The second-order valence-corrected chi connectivity index (χ2v) is 5.92. The summed E-state index contributed by atoms with van der Waals surface area (Å²) in [6.45, 7) is 3.63.